The van der Waals surface area contributed by atoms with E-state index in [9.17, 15) is 9.59 Å². The molecule has 0 heterocycles. The Kier molecular flexibility index (Phi) is 6.28. The van der Waals surface area contributed by atoms with Gasteiger partial charge in [0.1, 0.15) is 0 Å². The SMILES string of the molecule is CNC(=O)CONC(=O)c1cc(OC)c(OC)c(OC)c1. The van der Waals surface area contributed by atoms with E-state index in [1.807, 2.05) is 0 Å². The van der Waals surface area contributed by atoms with Gasteiger partial charge in [0, 0.05) is 12.6 Å². The Morgan fingerprint density at radius 3 is 2.05 bits per heavy atom. The lowest BCUT2D eigenvalue weighted by atomic mass is 10.1. The van der Waals surface area contributed by atoms with Crippen molar-refractivity contribution in [3.63, 3.8) is 0 Å². The third kappa shape index (κ3) is 4.25. The molecule has 0 aliphatic carbocycles. The maximum Gasteiger partial charge on any atom is 0.275 e. The Balaban J connectivity index is 2.87. The van der Waals surface area contributed by atoms with Gasteiger partial charge in [-0.2, -0.15) is 0 Å². The predicted molar refractivity (Wildman–Crippen MR) is 73.6 cm³/mol. The minimum Gasteiger partial charge on any atom is -0.493 e. The Hall–Kier alpha value is -2.48. The quantitative estimate of drug-likeness (QED) is 0.694. The summed E-state index contributed by atoms with van der Waals surface area (Å²) in [4.78, 5) is 27.7. The number of likely N-dealkylation sites (N-methyl/N-ethyl adjacent to an activating group) is 1. The summed E-state index contributed by atoms with van der Waals surface area (Å²) in [5, 5.41) is 2.36. The van der Waals surface area contributed by atoms with Gasteiger partial charge < -0.3 is 19.5 Å². The Morgan fingerprint density at radius 2 is 1.62 bits per heavy atom. The van der Waals surface area contributed by atoms with Crippen LogP contribution in [0.15, 0.2) is 12.1 Å². The largest absolute Gasteiger partial charge is 0.493 e. The molecule has 0 unspecified atom stereocenters. The number of hydrogen-bond acceptors (Lipinski definition) is 6. The minimum atomic E-state index is -0.543. The van der Waals surface area contributed by atoms with E-state index in [0.29, 0.717) is 17.2 Å². The number of amides is 2. The van der Waals surface area contributed by atoms with E-state index in [-0.39, 0.29) is 18.1 Å². The second kappa shape index (κ2) is 7.95. The fourth-order valence-electron chi connectivity index (χ4n) is 1.51. The van der Waals surface area contributed by atoms with Crippen LogP contribution in [0.5, 0.6) is 17.2 Å². The van der Waals surface area contributed by atoms with E-state index in [2.05, 4.69) is 10.8 Å². The molecule has 1 rings (SSSR count). The van der Waals surface area contributed by atoms with Crippen molar-refractivity contribution in [2.24, 2.45) is 0 Å². The molecule has 0 aliphatic heterocycles. The lowest BCUT2D eigenvalue weighted by Crippen LogP contribution is -2.31. The van der Waals surface area contributed by atoms with E-state index in [1.54, 1.807) is 0 Å². The van der Waals surface area contributed by atoms with Crippen LogP contribution in [0, 0.1) is 0 Å². The molecule has 116 valence electrons. The highest BCUT2D eigenvalue weighted by Crippen LogP contribution is 2.38. The van der Waals surface area contributed by atoms with Gasteiger partial charge in [-0.05, 0) is 12.1 Å². The summed E-state index contributed by atoms with van der Waals surface area (Å²) in [6.07, 6.45) is 0. The topological polar surface area (TPSA) is 95.1 Å². The molecule has 2 amide bonds. The number of carbonyl (C=O) groups excluding carboxylic acids is 2. The molecular formula is C13H18N2O6. The Morgan fingerprint density at radius 1 is 1.05 bits per heavy atom. The first kappa shape index (κ1) is 16.6. The summed E-state index contributed by atoms with van der Waals surface area (Å²) in [6, 6.07) is 2.94. The third-order valence-electron chi connectivity index (χ3n) is 2.57. The zero-order valence-electron chi connectivity index (χ0n) is 12.3. The predicted octanol–water partition coefficient (Wildman–Crippen LogP) is 0.120. The van der Waals surface area contributed by atoms with E-state index < -0.39 is 5.91 Å². The van der Waals surface area contributed by atoms with Crippen molar-refractivity contribution < 1.29 is 28.6 Å². The number of methoxy groups -OCH3 is 3. The number of benzene rings is 1. The Bertz CT molecular complexity index is 492. The number of rotatable bonds is 7. The van der Waals surface area contributed by atoms with Gasteiger partial charge in [0.2, 0.25) is 11.7 Å². The lowest BCUT2D eigenvalue weighted by Gasteiger charge is -2.13. The second-order valence-electron chi connectivity index (χ2n) is 3.81. The maximum absolute atomic E-state index is 11.9. The molecular weight excluding hydrogens is 280 g/mol. The summed E-state index contributed by atoms with van der Waals surface area (Å²) in [5.74, 6) is 0.155. The van der Waals surface area contributed by atoms with Crippen LogP contribution in [0.2, 0.25) is 0 Å². The molecule has 0 bridgehead atoms. The van der Waals surface area contributed by atoms with Gasteiger partial charge in [-0.1, -0.05) is 0 Å². The van der Waals surface area contributed by atoms with Gasteiger partial charge in [-0.15, -0.1) is 0 Å². The number of nitrogens with one attached hydrogen (secondary N) is 2. The van der Waals surface area contributed by atoms with E-state index in [0.717, 1.165) is 0 Å². The van der Waals surface area contributed by atoms with Crippen molar-refractivity contribution in [1.29, 1.82) is 0 Å². The van der Waals surface area contributed by atoms with Crippen molar-refractivity contribution in [3.8, 4) is 17.2 Å². The maximum atomic E-state index is 11.9. The monoisotopic (exact) mass is 298 g/mol. The molecule has 0 aliphatic rings. The smallest absolute Gasteiger partial charge is 0.275 e. The van der Waals surface area contributed by atoms with Crippen LogP contribution in [-0.2, 0) is 9.63 Å². The average Bonchev–Trinajstić information content (AvgIpc) is 2.52. The minimum absolute atomic E-state index is 0.237. The summed E-state index contributed by atoms with van der Waals surface area (Å²) < 4.78 is 15.4. The summed E-state index contributed by atoms with van der Waals surface area (Å²) >= 11 is 0. The van der Waals surface area contributed by atoms with E-state index in [1.165, 1.54) is 40.5 Å². The van der Waals surface area contributed by atoms with Gasteiger partial charge in [0.05, 0.1) is 21.3 Å². The van der Waals surface area contributed by atoms with Crippen LogP contribution in [0.3, 0.4) is 0 Å². The van der Waals surface area contributed by atoms with E-state index >= 15 is 0 Å². The molecule has 2 N–H and O–H groups in total. The first-order valence-corrected chi connectivity index (χ1v) is 6.00. The van der Waals surface area contributed by atoms with Crippen LogP contribution in [0.1, 0.15) is 10.4 Å². The van der Waals surface area contributed by atoms with Crippen molar-refractivity contribution in [3.05, 3.63) is 17.7 Å². The van der Waals surface area contributed by atoms with Crippen molar-refractivity contribution in [1.82, 2.24) is 10.8 Å². The molecule has 0 saturated carbocycles. The van der Waals surface area contributed by atoms with Crippen LogP contribution < -0.4 is 25.0 Å². The van der Waals surface area contributed by atoms with Crippen molar-refractivity contribution in [2.45, 2.75) is 0 Å². The molecule has 0 spiro atoms. The second-order valence-corrected chi connectivity index (χ2v) is 3.81. The molecule has 1 aromatic rings. The third-order valence-corrected chi connectivity index (χ3v) is 2.57. The molecule has 1 aromatic carbocycles. The standard InChI is InChI=1S/C13H18N2O6/c1-14-11(16)7-21-15-13(17)8-5-9(18-2)12(20-4)10(6-8)19-3/h5-6H,7H2,1-4H3,(H,14,16)(H,15,17). The molecule has 21 heavy (non-hydrogen) atoms. The summed E-state index contributed by atoms with van der Waals surface area (Å²) in [5.41, 5.74) is 2.39. The highest BCUT2D eigenvalue weighted by molar-refractivity contribution is 5.95. The molecule has 0 saturated heterocycles. The zero-order chi connectivity index (χ0) is 15.8. The molecule has 0 radical (unpaired) electrons. The first-order valence-electron chi connectivity index (χ1n) is 6.00. The fourth-order valence-corrected chi connectivity index (χ4v) is 1.51. The first-order chi connectivity index (χ1) is 10.1. The van der Waals surface area contributed by atoms with Crippen molar-refractivity contribution >= 4 is 11.8 Å². The summed E-state index contributed by atoms with van der Waals surface area (Å²) in [7, 11) is 5.82. The molecule has 8 heteroatoms. The number of ether oxygens (including phenoxy) is 3. The molecule has 0 aromatic heterocycles. The Labute approximate surface area is 122 Å². The van der Waals surface area contributed by atoms with Gasteiger partial charge in [0.15, 0.2) is 18.1 Å². The molecule has 0 atom stereocenters. The van der Waals surface area contributed by atoms with Crippen LogP contribution in [-0.4, -0.2) is 46.8 Å². The summed E-state index contributed by atoms with van der Waals surface area (Å²) in [6.45, 7) is -0.285. The van der Waals surface area contributed by atoms with Gasteiger partial charge in [-0.3, -0.25) is 14.4 Å². The van der Waals surface area contributed by atoms with Crippen LogP contribution in [0.4, 0.5) is 0 Å². The van der Waals surface area contributed by atoms with Gasteiger partial charge in [0.25, 0.3) is 5.91 Å². The molecule has 0 fully saturated rings. The average molecular weight is 298 g/mol. The number of carbonyl (C=O) groups is 2. The van der Waals surface area contributed by atoms with Crippen molar-refractivity contribution in [2.75, 3.05) is 35.0 Å². The number of hydrogen-bond donors (Lipinski definition) is 2. The fraction of sp³-hybridized carbons (Fsp3) is 0.385. The molecule has 8 nitrogen and oxygen atoms in total. The highest BCUT2D eigenvalue weighted by atomic mass is 16.7. The highest BCUT2D eigenvalue weighted by Gasteiger charge is 2.17. The van der Waals surface area contributed by atoms with Crippen LogP contribution >= 0.6 is 0 Å². The van der Waals surface area contributed by atoms with Crippen LogP contribution in [0.25, 0.3) is 0 Å². The lowest BCUT2D eigenvalue weighted by molar-refractivity contribution is -0.126. The van der Waals surface area contributed by atoms with Gasteiger partial charge in [-0.25, -0.2) is 5.48 Å². The normalized spacial score (nSPS) is 9.71. The van der Waals surface area contributed by atoms with E-state index in [4.69, 9.17) is 19.0 Å². The van der Waals surface area contributed by atoms with Gasteiger partial charge >= 0.3 is 0 Å². The zero-order valence-corrected chi connectivity index (χ0v) is 12.3. The number of hydroxylamine groups is 1.